The van der Waals surface area contributed by atoms with Gasteiger partial charge in [-0.2, -0.15) is 0 Å². The Bertz CT molecular complexity index is 718. The van der Waals surface area contributed by atoms with Gasteiger partial charge >= 0.3 is 0 Å². The highest BCUT2D eigenvalue weighted by Crippen LogP contribution is 2.39. The van der Waals surface area contributed by atoms with Gasteiger partial charge in [-0.05, 0) is 67.6 Å². The van der Waals surface area contributed by atoms with Gasteiger partial charge in [-0.3, -0.25) is 0 Å². The van der Waals surface area contributed by atoms with Crippen LogP contribution in [0.5, 0.6) is 0 Å². The Morgan fingerprint density at radius 3 is 2.29 bits per heavy atom. The molecule has 1 fully saturated rings. The molecule has 1 saturated carbocycles. The summed E-state index contributed by atoms with van der Waals surface area (Å²) in [5.41, 5.74) is 2.81. The number of aromatic nitrogens is 2. The maximum Gasteiger partial charge on any atom is 0.159 e. The molecule has 2 nitrogen and oxygen atoms in total. The van der Waals surface area contributed by atoms with E-state index in [1.165, 1.54) is 38.5 Å². The maximum absolute atomic E-state index is 14.9. The molecule has 1 aliphatic carbocycles. The molecule has 1 aliphatic rings. The SMILES string of the molecule is CCCCC[C@H]1CC[C@H](c2ccc(-c3ncc(CCCC)cn3)cc2F)CC1. The third kappa shape index (κ3) is 5.62. The lowest BCUT2D eigenvalue weighted by molar-refractivity contribution is 0.299. The molecule has 3 rings (SSSR count). The lowest BCUT2D eigenvalue weighted by atomic mass is 9.77. The van der Waals surface area contributed by atoms with Gasteiger partial charge in [0.1, 0.15) is 5.82 Å². The van der Waals surface area contributed by atoms with E-state index in [1.54, 1.807) is 6.07 Å². The number of halogens is 1. The first-order chi connectivity index (χ1) is 13.7. The van der Waals surface area contributed by atoms with Gasteiger partial charge in [0.25, 0.3) is 0 Å². The molecule has 0 N–H and O–H groups in total. The summed E-state index contributed by atoms with van der Waals surface area (Å²) in [6.07, 6.45) is 17.1. The zero-order chi connectivity index (χ0) is 19.8. The minimum atomic E-state index is -0.0920. The Balaban J connectivity index is 1.60. The van der Waals surface area contributed by atoms with Crippen molar-refractivity contribution in [1.29, 1.82) is 0 Å². The molecule has 3 heteroatoms. The van der Waals surface area contributed by atoms with Crippen LogP contribution in [0.3, 0.4) is 0 Å². The fourth-order valence-electron chi connectivity index (χ4n) is 4.46. The molecule has 1 aromatic carbocycles. The molecule has 152 valence electrons. The zero-order valence-electron chi connectivity index (χ0n) is 17.6. The first-order valence-electron chi connectivity index (χ1n) is 11.3. The van der Waals surface area contributed by atoms with Gasteiger partial charge in [0, 0.05) is 18.0 Å². The largest absolute Gasteiger partial charge is 0.236 e. The van der Waals surface area contributed by atoms with E-state index in [4.69, 9.17) is 0 Å². The van der Waals surface area contributed by atoms with E-state index in [2.05, 4.69) is 23.8 Å². The molecular weight excluding hydrogens is 347 g/mol. The molecule has 28 heavy (non-hydrogen) atoms. The minimum Gasteiger partial charge on any atom is -0.236 e. The van der Waals surface area contributed by atoms with E-state index in [9.17, 15) is 4.39 Å². The second-order valence-corrected chi connectivity index (χ2v) is 8.47. The quantitative estimate of drug-likeness (QED) is 0.420. The van der Waals surface area contributed by atoms with Gasteiger partial charge in [0.2, 0.25) is 0 Å². The standard InChI is InChI=1S/C25H35FN2/c1-3-5-7-9-19-10-12-21(13-11-19)23-15-14-22(16-24(23)26)25-27-17-20(18-28-25)8-6-4-2/h14-19,21H,3-13H2,1-2H3/t19-,21-. The van der Waals surface area contributed by atoms with Crippen LogP contribution in [0, 0.1) is 11.7 Å². The zero-order valence-corrected chi connectivity index (χ0v) is 17.6. The van der Waals surface area contributed by atoms with Gasteiger partial charge in [0.05, 0.1) is 0 Å². The number of nitrogens with zero attached hydrogens (tertiary/aromatic N) is 2. The highest BCUT2D eigenvalue weighted by molar-refractivity contribution is 5.55. The smallest absolute Gasteiger partial charge is 0.159 e. The van der Waals surface area contributed by atoms with Crippen LogP contribution in [0.2, 0.25) is 0 Å². The molecule has 0 radical (unpaired) electrons. The Hall–Kier alpha value is -1.77. The molecular formula is C25H35FN2. The average Bonchev–Trinajstić information content (AvgIpc) is 2.73. The number of hydrogen-bond acceptors (Lipinski definition) is 2. The van der Waals surface area contributed by atoms with Crippen molar-refractivity contribution in [2.75, 3.05) is 0 Å². The second-order valence-electron chi connectivity index (χ2n) is 8.47. The summed E-state index contributed by atoms with van der Waals surface area (Å²) >= 11 is 0. The van der Waals surface area contributed by atoms with Gasteiger partial charge in [-0.1, -0.05) is 58.1 Å². The van der Waals surface area contributed by atoms with Crippen LogP contribution in [0.25, 0.3) is 11.4 Å². The van der Waals surface area contributed by atoms with Crippen molar-refractivity contribution in [3.05, 3.63) is 47.5 Å². The summed E-state index contributed by atoms with van der Waals surface area (Å²) in [6.45, 7) is 4.44. The van der Waals surface area contributed by atoms with Crippen molar-refractivity contribution < 1.29 is 4.39 Å². The van der Waals surface area contributed by atoms with Crippen LogP contribution in [0.15, 0.2) is 30.6 Å². The Morgan fingerprint density at radius 1 is 0.929 bits per heavy atom. The average molecular weight is 383 g/mol. The Labute approximate surface area is 170 Å². The molecule has 0 atom stereocenters. The van der Waals surface area contributed by atoms with Crippen molar-refractivity contribution in [3.63, 3.8) is 0 Å². The monoisotopic (exact) mass is 382 g/mol. The molecule has 0 bridgehead atoms. The maximum atomic E-state index is 14.9. The van der Waals surface area contributed by atoms with Gasteiger partial charge in [-0.15, -0.1) is 0 Å². The normalized spacial score (nSPS) is 19.7. The van der Waals surface area contributed by atoms with E-state index in [1.807, 2.05) is 24.5 Å². The predicted molar refractivity (Wildman–Crippen MR) is 115 cm³/mol. The number of rotatable bonds is 9. The van der Waals surface area contributed by atoms with E-state index in [0.717, 1.165) is 54.7 Å². The fourth-order valence-corrected chi connectivity index (χ4v) is 4.46. The summed E-state index contributed by atoms with van der Waals surface area (Å²) in [4.78, 5) is 8.91. The Morgan fingerprint density at radius 2 is 1.64 bits per heavy atom. The summed E-state index contributed by atoms with van der Waals surface area (Å²) in [6, 6.07) is 5.59. The molecule has 0 amide bonds. The molecule has 1 aromatic heterocycles. The molecule has 0 saturated heterocycles. The van der Waals surface area contributed by atoms with Crippen LogP contribution in [0.4, 0.5) is 4.39 Å². The van der Waals surface area contributed by atoms with Crippen LogP contribution in [-0.2, 0) is 6.42 Å². The van der Waals surface area contributed by atoms with Crippen molar-refractivity contribution in [2.24, 2.45) is 5.92 Å². The summed E-state index contributed by atoms with van der Waals surface area (Å²) < 4.78 is 14.9. The first kappa shape index (κ1) is 21.0. The fraction of sp³-hybridized carbons (Fsp3) is 0.600. The van der Waals surface area contributed by atoms with Crippen molar-refractivity contribution >= 4 is 0 Å². The van der Waals surface area contributed by atoms with E-state index in [-0.39, 0.29) is 5.82 Å². The van der Waals surface area contributed by atoms with Crippen LogP contribution < -0.4 is 0 Å². The van der Waals surface area contributed by atoms with Crippen LogP contribution in [0.1, 0.15) is 95.1 Å². The topological polar surface area (TPSA) is 25.8 Å². The van der Waals surface area contributed by atoms with Crippen molar-refractivity contribution in [1.82, 2.24) is 9.97 Å². The van der Waals surface area contributed by atoms with Crippen LogP contribution >= 0.6 is 0 Å². The predicted octanol–water partition coefficient (Wildman–Crippen LogP) is 7.48. The second kappa shape index (κ2) is 10.7. The number of hydrogen-bond donors (Lipinski definition) is 0. The summed E-state index contributed by atoms with van der Waals surface area (Å²) in [5, 5.41) is 0. The number of unbranched alkanes of at least 4 members (excludes halogenated alkanes) is 3. The summed E-state index contributed by atoms with van der Waals surface area (Å²) in [7, 11) is 0. The molecule has 0 unspecified atom stereocenters. The third-order valence-corrected chi connectivity index (χ3v) is 6.29. The third-order valence-electron chi connectivity index (χ3n) is 6.29. The van der Waals surface area contributed by atoms with E-state index < -0.39 is 0 Å². The van der Waals surface area contributed by atoms with Gasteiger partial charge < -0.3 is 0 Å². The van der Waals surface area contributed by atoms with Crippen molar-refractivity contribution in [2.45, 2.75) is 90.4 Å². The minimum absolute atomic E-state index is 0.0920. The lowest BCUT2D eigenvalue weighted by Crippen LogP contribution is -2.14. The van der Waals surface area contributed by atoms with E-state index >= 15 is 0 Å². The first-order valence-corrected chi connectivity index (χ1v) is 11.3. The van der Waals surface area contributed by atoms with Gasteiger partial charge in [-0.25, -0.2) is 14.4 Å². The highest BCUT2D eigenvalue weighted by atomic mass is 19.1. The highest BCUT2D eigenvalue weighted by Gasteiger charge is 2.24. The lowest BCUT2D eigenvalue weighted by Gasteiger charge is -2.29. The molecule has 0 aliphatic heterocycles. The van der Waals surface area contributed by atoms with E-state index in [0.29, 0.717) is 11.7 Å². The van der Waals surface area contributed by atoms with Crippen LogP contribution in [-0.4, -0.2) is 9.97 Å². The molecule has 2 aromatic rings. The summed E-state index contributed by atoms with van der Waals surface area (Å²) in [5.74, 6) is 1.74. The Kier molecular flexibility index (Phi) is 8.00. The number of benzene rings is 1. The van der Waals surface area contributed by atoms with Gasteiger partial charge in [0.15, 0.2) is 5.82 Å². The number of aryl methyl sites for hydroxylation is 1. The van der Waals surface area contributed by atoms with Crippen molar-refractivity contribution in [3.8, 4) is 11.4 Å². The molecule has 1 heterocycles. The molecule has 0 spiro atoms.